The molecule has 0 fully saturated rings. The molecule has 1 aliphatic heterocycles. The molecule has 1 aliphatic rings. The quantitative estimate of drug-likeness (QED) is 0.875. The standard InChI is InChI=1S/C14H18ClNO4/c1-9(2)16(4-3-13(17)18)7-10-5-11(15)14-12(6-10)19-8-20-14/h5-6,9H,3-4,7-8H2,1-2H3,(H,17,18). The van der Waals surface area contributed by atoms with Gasteiger partial charge in [0.05, 0.1) is 11.4 Å². The summed E-state index contributed by atoms with van der Waals surface area (Å²) in [5.41, 5.74) is 0.985. The van der Waals surface area contributed by atoms with Gasteiger partial charge in [-0.25, -0.2) is 0 Å². The molecule has 0 aromatic heterocycles. The largest absolute Gasteiger partial charge is 0.481 e. The molecular weight excluding hydrogens is 282 g/mol. The van der Waals surface area contributed by atoms with Gasteiger partial charge in [0.15, 0.2) is 11.5 Å². The van der Waals surface area contributed by atoms with Crippen molar-refractivity contribution in [3.63, 3.8) is 0 Å². The first-order chi connectivity index (χ1) is 9.47. The van der Waals surface area contributed by atoms with Crippen LogP contribution in [0, 0.1) is 0 Å². The monoisotopic (exact) mass is 299 g/mol. The van der Waals surface area contributed by atoms with E-state index < -0.39 is 5.97 Å². The summed E-state index contributed by atoms with van der Waals surface area (Å²) in [6, 6.07) is 3.98. The highest BCUT2D eigenvalue weighted by atomic mass is 35.5. The molecular formula is C14H18ClNO4. The number of rotatable bonds is 6. The van der Waals surface area contributed by atoms with E-state index in [1.165, 1.54) is 0 Å². The summed E-state index contributed by atoms with van der Waals surface area (Å²) >= 11 is 6.15. The molecule has 1 N–H and O–H groups in total. The molecule has 0 saturated carbocycles. The van der Waals surface area contributed by atoms with Crippen LogP contribution in [-0.2, 0) is 11.3 Å². The highest BCUT2D eigenvalue weighted by molar-refractivity contribution is 6.32. The van der Waals surface area contributed by atoms with Gasteiger partial charge in [-0.05, 0) is 31.5 Å². The van der Waals surface area contributed by atoms with E-state index in [1.54, 1.807) is 0 Å². The molecule has 0 atom stereocenters. The molecule has 1 heterocycles. The van der Waals surface area contributed by atoms with Crippen LogP contribution >= 0.6 is 11.6 Å². The third-order valence-corrected chi connectivity index (χ3v) is 3.50. The average Bonchev–Trinajstić information content (AvgIpc) is 2.82. The molecule has 1 aromatic rings. The minimum absolute atomic E-state index is 0.121. The Bertz CT molecular complexity index is 504. The Morgan fingerprint density at radius 3 is 2.85 bits per heavy atom. The van der Waals surface area contributed by atoms with Crippen molar-refractivity contribution < 1.29 is 19.4 Å². The van der Waals surface area contributed by atoms with Crippen molar-refractivity contribution >= 4 is 17.6 Å². The van der Waals surface area contributed by atoms with E-state index in [0.717, 1.165) is 5.56 Å². The fourth-order valence-electron chi connectivity index (χ4n) is 2.11. The third kappa shape index (κ3) is 3.55. The van der Waals surface area contributed by atoms with Gasteiger partial charge in [-0.3, -0.25) is 9.69 Å². The zero-order valence-electron chi connectivity index (χ0n) is 11.6. The molecule has 0 amide bonds. The van der Waals surface area contributed by atoms with Crippen molar-refractivity contribution in [2.75, 3.05) is 13.3 Å². The predicted molar refractivity (Wildman–Crippen MR) is 75.4 cm³/mol. The molecule has 5 nitrogen and oxygen atoms in total. The number of carboxylic acids is 1. The molecule has 0 saturated heterocycles. The number of carboxylic acid groups (broad SMARTS) is 1. The number of aliphatic carboxylic acids is 1. The van der Waals surface area contributed by atoms with Gasteiger partial charge in [0.1, 0.15) is 0 Å². The van der Waals surface area contributed by atoms with Crippen LogP contribution in [-0.4, -0.2) is 35.4 Å². The molecule has 2 rings (SSSR count). The van der Waals surface area contributed by atoms with Gasteiger partial charge < -0.3 is 14.6 Å². The van der Waals surface area contributed by atoms with Crippen LogP contribution < -0.4 is 9.47 Å². The van der Waals surface area contributed by atoms with E-state index in [-0.39, 0.29) is 19.3 Å². The summed E-state index contributed by atoms with van der Waals surface area (Å²) in [4.78, 5) is 12.8. The maximum Gasteiger partial charge on any atom is 0.304 e. The first-order valence-corrected chi connectivity index (χ1v) is 6.89. The zero-order valence-corrected chi connectivity index (χ0v) is 12.3. The summed E-state index contributed by atoms with van der Waals surface area (Å²) in [6.07, 6.45) is 0.121. The number of benzene rings is 1. The van der Waals surface area contributed by atoms with Crippen LogP contribution in [0.25, 0.3) is 0 Å². The SMILES string of the molecule is CC(C)N(CCC(=O)O)Cc1cc(Cl)c2c(c1)OCO2. The van der Waals surface area contributed by atoms with Gasteiger partial charge in [0, 0.05) is 19.1 Å². The Labute approximate surface area is 123 Å². The molecule has 0 aliphatic carbocycles. The molecule has 0 radical (unpaired) electrons. The van der Waals surface area contributed by atoms with Crippen molar-refractivity contribution in [2.45, 2.75) is 32.9 Å². The maximum atomic E-state index is 10.7. The lowest BCUT2D eigenvalue weighted by Crippen LogP contribution is -2.32. The second kappa shape index (κ2) is 6.33. The Balaban J connectivity index is 2.10. The van der Waals surface area contributed by atoms with E-state index in [2.05, 4.69) is 4.90 Å². The lowest BCUT2D eigenvalue weighted by Gasteiger charge is -2.26. The van der Waals surface area contributed by atoms with Gasteiger partial charge >= 0.3 is 5.97 Å². The second-order valence-corrected chi connectivity index (χ2v) is 5.43. The summed E-state index contributed by atoms with van der Waals surface area (Å²) in [7, 11) is 0. The molecule has 1 aromatic carbocycles. The smallest absolute Gasteiger partial charge is 0.304 e. The number of carbonyl (C=O) groups is 1. The van der Waals surface area contributed by atoms with Gasteiger partial charge in [-0.15, -0.1) is 0 Å². The molecule has 0 spiro atoms. The van der Waals surface area contributed by atoms with Crippen LogP contribution in [0.4, 0.5) is 0 Å². The van der Waals surface area contributed by atoms with Crippen LogP contribution in [0.5, 0.6) is 11.5 Å². The van der Waals surface area contributed by atoms with Crippen LogP contribution in [0.15, 0.2) is 12.1 Å². The highest BCUT2D eigenvalue weighted by Crippen LogP contribution is 2.40. The number of halogens is 1. The Morgan fingerprint density at radius 1 is 1.45 bits per heavy atom. The Morgan fingerprint density at radius 2 is 2.20 bits per heavy atom. The number of hydrogen-bond donors (Lipinski definition) is 1. The van der Waals surface area contributed by atoms with E-state index in [0.29, 0.717) is 29.6 Å². The van der Waals surface area contributed by atoms with Crippen molar-refractivity contribution in [1.29, 1.82) is 0 Å². The Hall–Kier alpha value is -1.46. The highest BCUT2D eigenvalue weighted by Gasteiger charge is 2.20. The zero-order chi connectivity index (χ0) is 14.7. The number of ether oxygens (including phenoxy) is 2. The molecule has 0 bridgehead atoms. The minimum Gasteiger partial charge on any atom is -0.481 e. The van der Waals surface area contributed by atoms with Gasteiger partial charge in [-0.2, -0.15) is 0 Å². The topological polar surface area (TPSA) is 59.0 Å². The van der Waals surface area contributed by atoms with Crippen molar-refractivity contribution in [3.05, 3.63) is 22.7 Å². The third-order valence-electron chi connectivity index (χ3n) is 3.22. The summed E-state index contributed by atoms with van der Waals surface area (Å²) in [5, 5.41) is 9.32. The molecule has 20 heavy (non-hydrogen) atoms. The molecule has 6 heteroatoms. The number of fused-ring (bicyclic) bond motifs is 1. The van der Waals surface area contributed by atoms with Crippen LogP contribution in [0.1, 0.15) is 25.8 Å². The van der Waals surface area contributed by atoms with E-state index in [4.69, 9.17) is 26.2 Å². The predicted octanol–water partition coefficient (Wildman–Crippen LogP) is 2.75. The number of nitrogens with zero attached hydrogens (tertiary/aromatic N) is 1. The normalized spacial score (nSPS) is 13.2. The first-order valence-electron chi connectivity index (χ1n) is 6.51. The second-order valence-electron chi connectivity index (χ2n) is 5.02. The van der Waals surface area contributed by atoms with Gasteiger partial charge in [0.2, 0.25) is 6.79 Å². The van der Waals surface area contributed by atoms with Crippen LogP contribution in [0.2, 0.25) is 5.02 Å². The van der Waals surface area contributed by atoms with Crippen molar-refractivity contribution in [2.24, 2.45) is 0 Å². The fraction of sp³-hybridized carbons (Fsp3) is 0.500. The maximum absolute atomic E-state index is 10.7. The average molecular weight is 300 g/mol. The minimum atomic E-state index is -0.792. The van der Waals surface area contributed by atoms with Gasteiger partial charge in [-0.1, -0.05) is 11.6 Å². The summed E-state index contributed by atoms with van der Waals surface area (Å²) in [6.45, 7) is 5.39. The Kier molecular flexibility index (Phi) is 4.73. The lowest BCUT2D eigenvalue weighted by molar-refractivity contribution is -0.137. The van der Waals surface area contributed by atoms with E-state index in [9.17, 15) is 4.79 Å². The van der Waals surface area contributed by atoms with Gasteiger partial charge in [0.25, 0.3) is 0 Å². The summed E-state index contributed by atoms with van der Waals surface area (Å²) in [5.74, 6) is 0.436. The van der Waals surface area contributed by atoms with E-state index in [1.807, 2.05) is 26.0 Å². The van der Waals surface area contributed by atoms with Crippen LogP contribution in [0.3, 0.4) is 0 Å². The fourth-order valence-corrected chi connectivity index (χ4v) is 2.39. The first kappa shape index (κ1) is 14.9. The lowest BCUT2D eigenvalue weighted by atomic mass is 10.1. The van der Waals surface area contributed by atoms with E-state index >= 15 is 0 Å². The number of hydrogen-bond acceptors (Lipinski definition) is 4. The van der Waals surface area contributed by atoms with Crippen molar-refractivity contribution in [1.82, 2.24) is 4.90 Å². The molecule has 0 unspecified atom stereocenters. The summed E-state index contributed by atoms with van der Waals surface area (Å²) < 4.78 is 10.6. The van der Waals surface area contributed by atoms with Crippen molar-refractivity contribution in [3.8, 4) is 11.5 Å². The molecule has 110 valence electrons.